The summed E-state index contributed by atoms with van der Waals surface area (Å²) < 4.78 is 5.28. The molecular formula is C17H22O2. The molecule has 0 bridgehead atoms. The molecule has 19 heavy (non-hydrogen) atoms. The van der Waals surface area contributed by atoms with Crippen molar-refractivity contribution in [3.63, 3.8) is 0 Å². The van der Waals surface area contributed by atoms with Gasteiger partial charge in [-0.3, -0.25) is 4.79 Å². The molecule has 0 radical (unpaired) electrons. The first-order valence-corrected chi connectivity index (χ1v) is 7.05. The van der Waals surface area contributed by atoms with Crippen molar-refractivity contribution in [2.45, 2.75) is 26.7 Å². The van der Waals surface area contributed by atoms with E-state index in [1.165, 1.54) is 5.56 Å². The van der Waals surface area contributed by atoms with Gasteiger partial charge in [0.1, 0.15) is 0 Å². The average Bonchev–Trinajstić information content (AvgIpc) is 2.42. The Morgan fingerprint density at radius 2 is 1.74 bits per heavy atom. The van der Waals surface area contributed by atoms with Crippen LogP contribution >= 0.6 is 0 Å². The standard InChI is InChI=1S/C17H22O2/c1-4-19-17(18)16-13(3)11-10-12(2)15(16)14-8-6-5-7-9-14/h5-13,15-16H,4H2,1-3H3/t12-,13+,15-,16-/m1/s1. The van der Waals surface area contributed by atoms with E-state index in [9.17, 15) is 4.79 Å². The fraction of sp³-hybridized carbons (Fsp3) is 0.471. The van der Waals surface area contributed by atoms with Gasteiger partial charge in [0.05, 0.1) is 12.5 Å². The number of allylic oxidation sites excluding steroid dienone is 2. The minimum Gasteiger partial charge on any atom is -0.466 e. The fourth-order valence-corrected chi connectivity index (χ4v) is 3.03. The number of ether oxygens (including phenoxy) is 1. The number of esters is 1. The van der Waals surface area contributed by atoms with Crippen LogP contribution in [-0.2, 0) is 9.53 Å². The summed E-state index contributed by atoms with van der Waals surface area (Å²) in [5, 5.41) is 0. The maximum atomic E-state index is 12.3. The van der Waals surface area contributed by atoms with Gasteiger partial charge in [0.2, 0.25) is 0 Å². The van der Waals surface area contributed by atoms with Crippen LogP contribution in [0.5, 0.6) is 0 Å². The van der Waals surface area contributed by atoms with Gasteiger partial charge in [-0.2, -0.15) is 0 Å². The van der Waals surface area contributed by atoms with Gasteiger partial charge in [0.15, 0.2) is 0 Å². The van der Waals surface area contributed by atoms with Gasteiger partial charge in [-0.1, -0.05) is 56.3 Å². The Morgan fingerprint density at radius 1 is 1.11 bits per heavy atom. The highest BCUT2D eigenvalue weighted by Crippen LogP contribution is 2.41. The summed E-state index contributed by atoms with van der Waals surface area (Å²) in [4.78, 5) is 12.3. The summed E-state index contributed by atoms with van der Waals surface area (Å²) in [5.74, 6) is 0.635. The lowest BCUT2D eigenvalue weighted by Gasteiger charge is -2.35. The van der Waals surface area contributed by atoms with E-state index in [1.54, 1.807) is 0 Å². The van der Waals surface area contributed by atoms with Crippen LogP contribution in [0.1, 0.15) is 32.3 Å². The molecule has 2 nitrogen and oxygen atoms in total. The normalized spacial score (nSPS) is 30.1. The van der Waals surface area contributed by atoms with Crippen LogP contribution in [0, 0.1) is 17.8 Å². The molecule has 2 heteroatoms. The zero-order valence-corrected chi connectivity index (χ0v) is 11.9. The van der Waals surface area contributed by atoms with E-state index in [4.69, 9.17) is 4.74 Å². The number of benzene rings is 1. The molecule has 0 unspecified atom stereocenters. The molecular weight excluding hydrogens is 236 g/mol. The molecule has 0 aromatic heterocycles. The van der Waals surface area contributed by atoms with Gasteiger partial charge in [-0.05, 0) is 24.3 Å². The van der Waals surface area contributed by atoms with Crippen molar-refractivity contribution in [2.75, 3.05) is 6.61 Å². The Labute approximate surface area is 115 Å². The van der Waals surface area contributed by atoms with Gasteiger partial charge in [0, 0.05) is 5.92 Å². The fourth-order valence-electron chi connectivity index (χ4n) is 3.03. The van der Waals surface area contributed by atoms with Crippen molar-refractivity contribution < 1.29 is 9.53 Å². The summed E-state index contributed by atoms with van der Waals surface area (Å²) in [6, 6.07) is 10.3. The molecule has 102 valence electrons. The average molecular weight is 258 g/mol. The van der Waals surface area contributed by atoms with Crippen LogP contribution in [0.15, 0.2) is 42.5 Å². The maximum Gasteiger partial charge on any atom is 0.310 e. The van der Waals surface area contributed by atoms with E-state index in [-0.39, 0.29) is 23.7 Å². The van der Waals surface area contributed by atoms with Crippen LogP contribution in [-0.4, -0.2) is 12.6 Å². The van der Waals surface area contributed by atoms with Crippen LogP contribution in [0.2, 0.25) is 0 Å². The summed E-state index contributed by atoms with van der Waals surface area (Å²) in [6.45, 7) is 6.58. The zero-order chi connectivity index (χ0) is 13.8. The van der Waals surface area contributed by atoms with Crippen molar-refractivity contribution >= 4 is 5.97 Å². The molecule has 0 aliphatic heterocycles. The largest absolute Gasteiger partial charge is 0.466 e. The number of carbonyl (C=O) groups is 1. The first kappa shape index (κ1) is 13.9. The Balaban J connectivity index is 2.35. The van der Waals surface area contributed by atoms with Gasteiger partial charge >= 0.3 is 5.97 Å². The zero-order valence-electron chi connectivity index (χ0n) is 11.9. The predicted molar refractivity (Wildman–Crippen MR) is 76.8 cm³/mol. The summed E-state index contributed by atoms with van der Waals surface area (Å²) in [7, 11) is 0. The minimum absolute atomic E-state index is 0.0694. The molecule has 1 aliphatic rings. The molecule has 0 fully saturated rings. The highest BCUT2D eigenvalue weighted by Gasteiger charge is 2.39. The third-order valence-corrected chi connectivity index (χ3v) is 3.98. The lowest BCUT2D eigenvalue weighted by atomic mass is 9.68. The quantitative estimate of drug-likeness (QED) is 0.609. The van der Waals surface area contributed by atoms with E-state index in [1.807, 2.05) is 25.1 Å². The van der Waals surface area contributed by atoms with E-state index >= 15 is 0 Å². The highest BCUT2D eigenvalue weighted by atomic mass is 16.5. The van der Waals surface area contributed by atoms with E-state index in [2.05, 4.69) is 38.1 Å². The Kier molecular flexibility index (Phi) is 4.41. The number of hydrogen-bond donors (Lipinski definition) is 0. The van der Waals surface area contributed by atoms with E-state index < -0.39 is 0 Å². The van der Waals surface area contributed by atoms with Crippen LogP contribution < -0.4 is 0 Å². The van der Waals surface area contributed by atoms with Crippen molar-refractivity contribution in [1.82, 2.24) is 0 Å². The second kappa shape index (κ2) is 6.05. The van der Waals surface area contributed by atoms with Crippen molar-refractivity contribution in [3.8, 4) is 0 Å². The minimum atomic E-state index is -0.0812. The van der Waals surface area contributed by atoms with Crippen LogP contribution in [0.3, 0.4) is 0 Å². The van der Waals surface area contributed by atoms with E-state index in [0.29, 0.717) is 12.5 Å². The first-order chi connectivity index (χ1) is 9.15. The lowest BCUT2D eigenvalue weighted by Crippen LogP contribution is -2.34. The Bertz CT molecular complexity index is 450. The van der Waals surface area contributed by atoms with E-state index in [0.717, 1.165) is 0 Å². The monoisotopic (exact) mass is 258 g/mol. The SMILES string of the molecule is CCOC(=O)[C@H]1[C@@H](c2ccccc2)[C@H](C)C=C[C@@H]1C. The summed E-state index contributed by atoms with van der Waals surface area (Å²) in [5.41, 5.74) is 1.23. The number of rotatable bonds is 3. The second-order valence-corrected chi connectivity index (χ2v) is 5.32. The molecule has 0 saturated heterocycles. The van der Waals surface area contributed by atoms with Crippen molar-refractivity contribution in [3.05, 3.63) is 48.0 Å². The molecule has 1 aromatic carbocycles. The molecule has 1 aromatic rings. The molecule has 1 aliphatic carbocycles. The smallest absolute Gasteiger partial charge is 0.310 e. The lowest BCUT2D eigenvalue weighted by molar-refractivity contribution is -0.150. The molecule has 0 amide bonds. The number of hydrogen-bond acceptors (Lipinski definition) is 2. The maximum absolute atomic E-state index is 12.3. The Hall–Kier alpha value is -1.57. The van der Waals surface area contributed by atoms with Gasteiger partial charge in [-0.25, -0.2) is 0 Å². The van der Waals surface area contributed by atoms with Gasteiger partial charge < -0.3 is 4.74 Å². The molecule has 0 heterocycles. The van der Waals surface area contributed by atoms with Crippen LogP contribution in [0.25, 0.3) is 0 Å². The summed E-state index contributed by atoms with van der Waals surface area (Å²) in [6.07, 6.45) is 4.36. The second-order valence-electron chi connectivity index (χ2n) is 5.32. The molecule has 2 rings (SSSR count). The van der Waals surface area contributed by atoms with Gasteiger partial charge in [-0.15, -0.1) is 0 Å². The Morgan fingerprint density at radius 3 is 2.37 bits per heavy atom. The van der Waals surface area contributed by atoms with Gasteiger partial charge in [0.25, 0.3) is 0 Å². The van der Waals surface area contributed by atoms with Crippen molar-refractivity contribution in [1.29, 1.82) is 0 Å². The van der Waals surface area contributed by atoms with Crippen LogP contribution in [0.4, 0.5) is 0 Å². The topological polar surface area (TPSA) is 26.3 Å². The first-order valence-electron chi connectivity index (χ1n) is 7.05. The summed E-state index contributed by atoms with van der Waals surface area (Å²) >= 11 is 0. The van der Waals surface area contributed by atoms with Crippen molar-refractivity contribution in [2.24, 2.45) is 17.8 Å². The molecule has 0 spiro atoms. The highest BCUT2D eigenvalue weighted by molar-refractivity contribution is 5.75. The third kappa shape index (κ3) is 2.89. The molecule has 0 saturated carbocycles. The molecule has 0 N–H and O–H groups in total. The molecule has 4 atom stereocenters. The predicted octanol–water partition coefficient (Wildman–Crippen LogP) is 3.79. The number of carbonyl (C=O) groups excluding carboxylic acids is 1. The third-order valence-electron chi connectivity index (χ3n) is 3.98.